The predicted octanol–water partition coefficient (Wildman–Crippen LogP) is 3.81. The maximum atomic E-state index is 12.6. The number of nitrogens with zero attached hydrogens (tertiary/aromatic N) is 3. The molecule has 5 nitrogen and oxygen atoms in total. The number of amides is 1. The van der Waals surface area contributed by atoms with Crippen molar-refractivity contribution in [2.24, 2.45) is 7.05 Å². The third-order valence-electron chi connectivity index (χ3n) is 5.18. The van der Waals surface area contributed by atoms with Gasteiger partial charge in [-0.1, -0.05) is 12.1 Å². The van der Waals surface area contributed by atoms with Crippen molar-refractivity contribution in [3.8, 4) is 0 Å². The summed E-state index contributed by atoms with van der Waals surface area (Å²) in [6.45, 7) is 0.998. The molecule has 0 radical (unpaired) electrons. The van der Waals surface area contributed by atoms with Crippen LogP contribution >= 0.6 is 0 Å². The smallest absolute Gasteiger partial charge is 0.255 e. The largest absolute Gasteiger partial charge is 0.331 e. The molecule has 1 fully saturated rings. The highest BCUT2D eigenvalue weighted by Gasteiger charge is 2.28. The van der Waals surface area contributed by atoms with Gasteiger partial charge in [0.1, 0.15) is 5.82 Å². The van der Waals surface area contributed by atoms with Crippen LogP contribution in [-0.2, 0) is 13.5 Å². The summed E-state index contributed by atoms with van der Waals surface area (Å²) in [7, 11) is 6.20. The Kier molecular flexibility index (Phi) is 4.70. The second kappa shape index (κ2) is 7.16. The fourth-order valence-corrected chi connectivity index (χ4v) is 3.38. The van der Waals surface area contributed by atoms with Crippen molar-refractivity contribution < 1.29 is 4.79 Å². The molecule has 1 saturated carbocycles. The first-order valence-corrected chi connectivity index (χ1v) is 9.52. The SMILES string of the molecule is CN(C)CCc1ccc(C(=O)Nc2ccc3c(c2)nc(C2CC2)n3C)cc1. The van der Waals surface area contributed by atoms with Crippen LogP contribution in [0.15, 0.2) is 42.5 Å². The number of fused-ring (bicyclic) bond motifs is 1. The number of anilines is 1. The summed E-state index contributed by atoms with van der Waals surface area (Å²) in [5, 5.41) is 3.00. The average Bonchev–Trinajstić information content (AvgIpc) is 3.45. The summed E-state index contributed by atoms with van der Waals surface area (Å²) in [4.78, 5) is 19.5. The first-order valence-electron chi connectivity index (χ1n) is 9.52. The lowest BCUT2D eigenvalue weighted by Gasteiger charge is -2.10. The van der Waals surface area contributed by atoms with Crippen molar-refractivity contribution in [2.45, 2.75) is 25.2 Å². The van der Waals surface area contributed by atoms with Crippen LogP contribution in [-0.4, -0.2) is 41.0 Å². The summed E-state index contributed by atoms with van der Waals surface area (Å²) in [6, 6.07) is 13.8. The highest BCUT2D eigenvalue weighted by Crippen LogP contribution is 2.40. The molecule has 1 aliphatic rings. The molecule has 0 atom stereocenters. The maximum absolute atomic E-state index is 12.6. The second-order valence-electron chi connectivity index (χ2n) is 7.71. The van der Waals surface area contributed by atoms with Crippen LogP contribution in [0.1, 0.15) is 40.5 Å². The second-order valence-corrected chi connectivity index (χ2v) is 7.71. The van der Waals surface area contributed by atoms with Crippen molar-refractivity contribution >= 4 is 22.6 Å². The summed E-state index contributed by atoms with van der Waals surface area (Å²) >= 11 is 0. The van der Waals surface area contributed by atoms with Crippen LogP contribution in [0.5, 0.6) is 0 Å². The average molecular weight is 362 g/mol. The Labute approximate surface area is 160 Å². The van der Waals surface area contributed by atoms with Crippen molar-refractivity contribution in [3.63, 3.8) is 0 Å². The minimum atomic E-state index is -0.0909. The van der Waals surface area contributed by atoms with Gasteiger partial charge in [0.2, 0.25) is 0 Å². The molecule has 0 aliphatic heterocycles. The maximum Gasteiger partial charge on any atom is 0.255 e. The summed E-state index contributed by atoms with van der Waals surface area (Å²) in [6.07, 6.45) is 3.44. The number of imidazole rings is 1. The number of hydrogen-bond donors (Lipinski definition) is 1. The zero-order chi connectivity index (χ0) is 19.0. The van der Waals surface area contributed by atoms with E-state index in [4.69, 9.17) is 4.98 Å². The van der Waals surface area contributed by atoms with Gasteiger partial charge in [-0.2, -0.15) is 0 Å². The lowest BCUT2D eigenvalue weighted by molar-refractivity contribution is 0.102. The van der Waals surface area contributed by atoms with Gasteiger partial charge in [0.05, 0.1) is 11.0 Å². The molecule has 0 spiro atoms. The number of aryl methyl sites for hydroxylation is 1. The van der Waals surface area contributed by atoms with Crippen LogP contribution in [0.4, 0.5) is 5.69 Å². The molecule has 27 heavy (non-hydrogen) atoms. The molecule has 5 heteroatoms. The van der Waals surface area contributed by atoms with Gasteiger partial charge in [0, 0.05) is 30.8 Å². The molecule has 0 bridgehead atoms. The van der Waals surface area contributed by atoms with Gasteiger partial charge >= 0.3 is 0 Å². The van der Waals surface area contributed by atoms with E-state index in [0.717, 1.165) is 35.5 Å². The third kappa shape index (κ3) is 3.88. The molecular weight excluding hydrogens is 336 g/mol. The Morgan fingerprint density at radius 1 is 1.19 bits per heavy atom. The zero-order valence-corrected chi connectivity index (χ0v) is 16.2. The van der Waals surface area contributed by atoms with E-state index in [0.29, 0.717) is 11.5 Å². The zero-order valence-electron chi connectivity index (χ0n) is 16.2. The summed E-state index contributed by atoms with van der Waals surface area (Å²) in [5.74, 6) is 1.67. The van der Waals surface area contributed by atoms with Crippen molar-refractivity contribution in [1.29, 1.82) is 0 Å². The number of benzene rings is 2. The van der Waals surface area contributed by atoms with Gasteiger partial charge in [-0.3, -0.25) is 4.79 Å². The van der Waals surface area contributed by atoms with Crippen LogP contribution in [0, 0.1) is 0 Å². The molecule has 3 aromatic rings. The molecule has 0 unspecified atom stereocenters. The quantitative estimate of drug-likeness (QED) is 0.725. The van der Waals surface area contributed by atoms with Crippen molar-refractivity contribution in [2.75, 3.05) is 26.0 Å². The van der Waals surface area contributed by atoms with E-state index in [1.165, 1.54) is 18.4 Å². The first kappa shape index (κ1) is 17.7. The van der Waals surface area contributed by atoms with Crippen LogP contribution in [0.2, 0.25) is 0 Å². The molecule has 2 aromatic carbocycles. The van der Waals surface area contributed by atoms with E-state index >= 15 is 0 Å². The van der Waals surface area contributed by atoms with Gasteiger partial charge in [0.15, 0.2) is 0 Å². The standard InChI is InChI=1S/C22H26N4O/c1-25(2)13-12-15-4-6-17(7-5-15)22(27)23-18-10-11-20-19(14-18)24-21(26(20)3)16-8-9-16/h4-7,10-11,14,16H,8-9,12-13H2,1-3H3,(H,23,27). The first-order chi connectivity index (χ1) is 13.0. The Hall–Kier alpha value is -2.66. The van der Waals surface area contributed by atoms with Gasteiger partial charge in [-0.25, -0.2) is 4.98 Å². The number of carbonyl (C=O) groups excluding carboxylic acids is 1. The minimum Gasteiger partial charge on any atom is -0.331 e. The third-order valence-corrected chi connectivity index (χ3v) is 5.18. The molecule has 1 aliphatic carbocycles. The molecular formula is C22H26N4O. The van der Waals surface area contributed by atoms with Crippen molar-refractivity contribution in [3.05, 3.63) is 59.4 Å². The Morgan fingerprint density at radius 3 is 2.59 bits per heavy atom. The predicted molar refractivity (Wildman–Crippen MR) is 109 cm³/mol. The van der Waals surface area contributed by atoms with E-state index in [9.17, 15) is 4.79 Å². The summed E-state index contributed by atoms with van der Waals surface area (Å²) in [5.41, 5.74) is 4.74. The van der Waals surface area contributed by atoms with Crippen LogP contribution in [0.3, 0.4) is 0 Å². The van der Waals surface area contributed by atoms with E-state index in [1.54, 1.807) is 0 Å². The van der Waals surface area contributed by atoms with Crippen LogP contribution in [0.25, 0.3) is 11.0 Å². The van der Waals surface area contributed by atoms with Gasteiger partial charge in [0.25, 0.3) is 5.91 Å². The fourth-order valence-electron chi connectivity index (χ4n) is 3.38. The fraction of sp³-hybridized carbons (Fsp3) is 0.364. The van der Waals surface area contributed by atoms with E-state index in [1.807, 2.05) is 42.5 Å². The number of carbonyl (C=O) groups is 1. The Bertz CT molecular complexity index is 968. The van der Waals surface area contributed by atoms with Gasteiger partial charge in [-0.15, -0.1) is 0 Å². The highest BCUT2D eigenvalue weighted by atomic mass is 16.1. The number of likely N-dealkylation sites (N-methyl/N-ethyl adjacent to an activating group) is 1. The molecule has 4 rings (SSSR count). The van der Waals surface area contributed by atoms with Gasteiger partial charge in [-0.05, 0) is 69.3 Å². The topological polar surface area (TPSA) is 50.2 Å². The van der Waals surface area contributed by atoms with Crippen LogP contribution < -0.4 is 5.32 Å². The number of hydrogen-bond acceptors (Lipinski definition) is 3. The lowest BCUT2D eigenvalue weighted by Crippen LogP contribution is -2.15. The molecule has 0 saturated heterocycles. The molecule has 140 valence electrons. The number of nitrogens with one attached hydrogen (secondary N) is 1. The van der Waals surface area contributed by atoms with Crippen molar-refractivity contribution in [1.82, 2.24) is 14.5 Å². The number of aromatic nitrogens is 2. The molecule has 1 amide bonds. The normalized spacial score (nSPS) is 14.1. The van der Waals surface area contributed by atoms with E-state index in [2.05, 4.69) is 35.9 Å². The summed E-state index contributed by atoms with van der Waals surface area (Å²) < 4.78 is 2.17. The molecule has 1 heterocycles. The van der Waals surface area contributed by atoms with Gasteiger partial charge < -0.3 is 14.8 Å². The minimum absolute atomic E-state index is 0.0909. The Balaban J connectivity index is 1.47. The monoisotopic (exact) mass is 362 g/mol. The Morgan fingerprint density at radius 2 is 1.93 bits per heavy atom. The van der Waals surface area contributed by atoms with E-state index in [-0.39, 0.29) is 5.91 Å². The lowest BCUT2D eigenvalue weighted by atomic mass is 10.1. The van der Waals surface area contributed by atoms with E-state index < -0.39 is 0 Å². The highest BCUT2D eigenvalue weighted by molar-refractivity contribution is 6.05. The molecule has 1 aromatic heterocycles. The molecule has 1 N–H and O–H groups in total. The number of rotatable bonds is 6.